The highest BCUT2D eigenvalue weighted by molar-refractivity contribution is 6.30. The van der Waals surface area contributed by atoms with Crippen LogP contribution >= 0.6 is 11.6 Å². The van der Waals surface area contributed by atoms with E-state index >= 15 is 0 Å². The average molecular weight is 456 g/mol. The molecule has 9 heteroatoms. The Morgan fingerprint density at radius 1 is 1.19 bits per heavy atom. The van der Waals surface area contributed by atoms with Gasteiger partial charge in [-0.1, -0.05) is 23.7 Å². The second-order valence-corrected chi connectivity index (χ2v) is 8.42. The monoisotopic (exact) mass is 455 g/mol. The fourth-order valence-electron chi connectivity index (χ4n) is 4.28. The number of carbonyl (C=O) groups excluding carboxylic acids is 1. The molecule has 1 aromatic heterocycles. The highest BCUT2D eigenvalue weighted by Gasteiger charge is 2.38. The lowest BCUT2D eigenvalue weighted by Gasteiger charge is -2.32. The first kappa shape index (κ1) is 20.6. The van der Waals surface area contributed by atoms with Gasteiger partial charge in [0.25, 0.3) is 11.6 Å². The summed E-state index contributed by atoms with van der Waals surface area (Å²) in [6, 6.07) is 12.9. The van der Waals surface area contributed by atoms with E-state index in [0.29, 0.717) is 54.2 Å². The molecule has 2 aromatic carbocycles. The van der Waals surface area contributed by atoms with Gasteiger partial charge in [0.05, 0.1) is 30.6 Å². The maximum atomic E-state index is 13.3. The first-order valence-electron chi connectivity index (χ1n) is 10.4. The fraction of sp³-hybridized carbons (Fsp3) is 0.348. The lowest BCUT2D eigenvalue weighted by Crippen LogP contribution is -2.44. The summed E-state index contributed by atoms with van der Waals surface area (Å²) in [5.41, 5.74) is 1.23. The van der Waals surface area contributed by atoms with E-state index in [1.807, 2.05) is 12.1 Å². The molecule has 0 saturated carbocycles. The smallest absolute Gasteiger partial charge is 0.410 e. The third-order valence-corrected chi connectivity index (χ3v) is 6.18. The predicted octanol–water partition coefficient (Wildman–Crippen LogP) is 3.47. The van der Waals surface area contributed by atoms with Crippen LogP contribution in [0.15, 0.2) is 47.3 Å². The maximum absolute atomic E-state index is 13.3. The number of aromatic nitrogens is 2. The van der Waals surface area contributed by atoms with Crippen LogP contribution in [0.1, 0.15) is 18.4 Å². The van der Waals surface area contributed by atoms with Crippen molar-refractivity contribution in [1.82, 2.24) is 14.5 Å². The molecule has 3 aromatic rings. The quantitative estimate of drug-likeness (QED) is 0.586. The van der Waals surface area contributed by atoms with Crippen LogP contribution in [-0.4, -0.2) is 53.0 Å². The number of rotatable bonds is 5. The van der Waals surface area contributed by atoms with E-state index in [2.05, 4.69) is 4.98 Å². The van der Waals surface area contributed by atoms with Crippen LogP contribution in [0.2, 0.25) is 5.02 Å². The third kappa shape index (κ3) is 3.86. The number of ether oxygens (including phenoxy) is 3. The topological polar surface area (TPSA) is 82.9 Å². The van der Waals surface area contributed by atoms with Gasteiger partial charge in [-0.3, -0.25) is 9.36 Å². The molecule has 32 heavy (non-hydrogen) atoms. The van der Waals surface area contributed by atoms with Crippen LogP contribution in [0.3, 0.4) is 0 Å². The summed E-state index contributed by atoms with van der Waals surface area (Å²) < 4.78 is 18.2. The number of halogens is 1. The third-order valence-electron chi connectivity index (χ3n) is 5.93. The fourth-order valence-corrected chi connectivity index (χ4v) is 4.41. The molecule has 2 saturated heterocycles. The zero-order valence-corrected chi connectivity index (χ0v) is 18.2. The van der Waals surface area contributed by atoms with Crippen molar-refractivity contribution in [2.45, 2.75) is 31.5 Å². The van der Waals surface area contributed by atoms with Gasteiger partial charge in [-0.25, -0.2) is 4.79 Å². The predicted molar refractivity (Wildman–Crippen MR) is 119 cm³/mol. The lowest BCUT2D eigenvalue weighted by molar-refractivity contribution is 0.0937. The second-order valence-electron chi connectivity index (χ2n) is 7.98. The van der Waals surface area contributed by atoms with E-state index in [-0.39, 0.29) is 29.8 Å². The SMILES string of the molecule is COc1nc2ccc(O[C@H]3CCN4C(=O)OC[C@@H]4C3)cc2c(=O)n1Cc1ccc(Cl)cc1. The Labute approximate surface area is 189 Å². The number of nitrogens with zero attached hydrogens (tertiary/aromatic N) is 3. The molecule has 0 aliphatic carbocycles. The molecule has 0 spiro atoms. The lowest BCUT2D eigenvalue weighted by atomic mass is 10.0. The highest BCUT2D eigenvalue weighted by Crippen LogP contribution is 2.28. The number of piperidine rings is 1. The Hall–Kier alpha value is -3.26. The van der Waals surface area contributed by atoms with E-state index in [1.165, 1.54) is 11.7 Å². The second kappa shape index (κ2) is 8.35. The van der Waals surface area contributed by atoms with Crippen molar-refractivity contribution in [2.24, 2.45) is 0 Å². The van der Waals surface area contributed by atoms with Gasteiger partial charge < -0.3 is 19.1 Å². The van der Waals surface area contributed by atoms with Crippen LogP contribution in [0.5, 0.6) is 11.8 Å². The summed E-state index contributed by atoms with van der Waals surface area (Å²) in [5.74, 6) is 0.600. The van der Waals surface area contributed by atoms with E-state index < -0.39 is 0 Å². The minimum atomic E-state index is -0.250. The van der Waals surface area contributed by atoms with E-state index in [9.17, 15) is 9.59 Å². The van der Waals surface area contributed by atoms with Gasteiger partial charge in [-0.2, -0.15) is 4.98 Å². The van der Waals surface area contributed by atoms with E-state index in [0.717, 1.165) is 5.56 Å². The van der Waals surface area contributed by atoms with E-state index in [1.54, 1.807) is 35.2 Å². The minimum Gasteiger partial charge on any atom is -0.490 e. The largest absolute Gasteiger partial charge is 0.490 e. The summed E-state index contributed by atoms with van der Waals surface area (Å²) >= 11 is 5.97. The molecule has 2 aliphatic rings. The molecule has 2 atom stereocenters. The van der Waals surface area contributed by atoms with Gasteiger partial charge in [0.15, 0.2) is 0 Å². The molecule has 0 bridgehead atoms. The number of benzene rings is 2. The Morgan fingerprint density at radius 2 is 2.00 bits per heavy atom. The van der Waals surface area contributed by atoms with Crippen molar-refractivity contribution < 1.29 is 19.0 Å². The average Bonchev–Trinajstić information content (AvgIpc) is 3.17. The Balaban J connectivity index is 1.42. The highest BCUT2D eigenvalue weighted by atomic mass is 35.5. The molecule has 3 heterocycles. The Morgan fingerprint density at radius 3 is 2.78 bits per heavy atom. The molecule has 8 nitrogen and oxygen atoms in total. The summed E-state index contributed by atoms with van der Waals surface area (Å²) in [6.45, 7) is 1.31. The van der Waals surface area contributed by atoms with Crippen LogP contribution in [0.25, 0.3) is 10.9 Å². The molecule has 0 unspecified atom stereocenters. The maximum Gasteiger partial charge on any atom is 0.410 e. The number of cyclic esters (lactones) is 1. The van der Waals surface area contributed by atoms with Gasteiger partial charge in [0, 0.05) is 24.4 Å². The number of amides is 1. The van der Waals surface area contributed by atoms with Crippen molar-refractivity contribution in [3.63, 3.8) is 0 Å². The first-order valence-corrected chi connectivity index (χ1v) is 10.8. The molecule has 0 N–H and O–H groups in total. The summed E-state index contributed by atoms with van der Waals surface area (Å²) in [5, 5.41) is 1.08. The van der Waals surface area contributed by atoms with Crippen molar-refractivity contribution >= 4 is 28.6 Å². The number of hydrogen-bond acceptors (Lipinski definition) is 6. The standard InChI is InChI=1S/C23H22ClN3O5/c1-30-22-25-20-7-6-17(32-18-8-9-26-16(10-18)13-31-23(26)29)11-19(20)21(28)27(22)12-14-2-4-15(24)5-3-14/h2-7,11,16,18H,8-10,12-13H2,1H3/t16-,18-/m0/s1. The molecular weight excluding hydrogens is 434 g/mol. The van der Waals surface area contributed by atoms with Crippen molar-refractivity contribution in [3.05, 3.63) is 63.4 Å². The molecule has 5 rings (SSSR count). The van der Waals surface area contributed by atoms with Crippen LogP contribution < -0.4 is 15.0 Å². The molecule has 166 valence electrons. The first-order chi connectivity index (χ1) is 15.5. The molecule has 2 aliphatic heterocycles. The van der Waals surface area contributed by atoms with Crippen molar-refractivity contribution in [1.29, 1.82) is 0 Å². The van der Waals surface area contributed by atoms with Crippen molar-refractivity contribution in [2.75, 3.05) is 20.3 Å². The van der Waals surface area contributed by atoms with Gasteiger partial charge in [-0.05, 0) is 35.9 Å². The van der Waals surface area contributed by atoms with Gasteiger partial charge >= 0.3 is 6.09 Å². The number of carbonyl (C=O) groups is 1. The summed E-state index contributed by atoms with van der Waals surface area (Å²) in [6.07, 6.45) is 1.11. The number of methoxy groups -OCH3 is 1. The Bertz CT molecular complexity index is 1230. The van der Waals surface area contributed by atoms with Gasteiger partial charge in [0.2, 0.25) is 0 Å². The Kier molecular flexibility index (Phi) is 5.38. The van der Waals surface area contributed by atoms with E-state index in [4.69, 9.17) is 25.8 Å². The zero-order chi connectivity index (χ0) is 22.2. The minimum absolute atomic E-state index is 0.0456. The zero-order valence-electron chi connectivity index (χ0n) is 17.5. The van der Waals surface area contributed by atoms with Gasteiger partial charge in [-0.15, -0.1) is 0 Å². The molecular formula is C23H22ClN3O5. The summed E-state index contributed by atoms with van der Waals surface area (Å²) in [4.78, 5) is 31.3. The van der Waals surface area contributed by atoms with Gasteiger partial charge in [0.1, 0.15) is 18.5 Å². The van der Waals surface area contributed by atoms with Crippen LogP contribution in [0.4, 0.5) is 4.79 Å². The molecule has 1 amide bonds. The van der Waals surface area contributed by atoms with Crippen LogP contribution in [0, 0.1) is 0 Å². The van der Waals surface area contributed by atoms with Crippen LogP contribution in [-0.2, 0) is 11.3 Å². The number of hydrogen-bond donors (Lipinski definition) is 0. The normalized spacial score (nSPS) is 20.2. The number of fused-ring (bicyclic) bond motifs is 2. The summed E-state index contributed by atoms with van der Waals surface area (Å²) in [7, 11) is 1.49. The molecule has 0 radical (unpaired) electrons. The molecule has 2 fully saturated rings. The van der Waals surface area contributed by atoms with Crippen molar-refractivity contribution in [3.8, 4) is 11.8 Å².